The molecule has 0 radical (unpaired) electrons. The molecule has 1 aromatic heterocycles. The van der Waals surface area contributed by atoms with Gasteiger partial charge in [-0.15, -0.1) is 0 Å². The minimum atomic E-state index is -0.557. The van der Waals surface area contributed by atoms with Crippen LogP contribution in [0.4, 0.5) is 0 Å². The molecule has 0 aromatic carbocycles. The first-order chi connectivity index (χ1) is 9.64. The summed E-state index contributed by atoms with van der Waals surface area (Å²) in [5, 5.41) is 19.0. The fourth-order valence-electron chi connectivity index (χ4n) is 2.58. The van der Waals surface area contributed by atoms with E-state index in [-0.39, 0.29) is 13.2 Å². The van der Waals surface area contributed by atoms with Gasteiger partial charge in [0.1, 0.15) is 0 Å². The van der Waals surface area contributed by atoms with Gasteiger partial charge < -0.3 is 20.4 Å². The maximum atomic E-state index is 9.28. The van der Waals surface area contributed by atoms with E-state index in [4.69, 9.17) is 21.8 Å². The van der Waals surface area contributed by atoms with E-state index in [0.717, 1.165) is 5.56 Å². The molecule has 2 rings (SSSR count). The van der Waals surface area contributed by atoms with Crippen molar-refractivity contribution in [1.29, 1.82) is 0 Å². The van der Waals surface area contributed by atoms with Gasteiger partial charge in [-0.25, -0.2) is 0 Å². The van der Waals surface area contributed by atoms with E-state index < -0.39 is 5.54 Å². The van der Waals surface area contributed by atoms with Crippen LogP contribution >= 0.6 is 11.6 Å². The fraction of sp³-hybridized carbons (Fsp3) is 0.429. The van der Waals surface area contributed by atoms with Gasteiger partial charge in [0.15, 0.2) is 0 Å². The molecule has 110 valence electrons. The van der Waals surface area contributed by atoms with Gasteiger partial charge in [0.25, 0.3) is 0 Å². The normalized spacial score (nSPS) is 22.8. The maximum absolute atomic E-state index is 9.28. The van der Waals surface area contributed by atoms with E-state index >= 15 is 0 Å². The lowest BCUT2D eigenvalue weighted by Crippen LogP contribution is -2.48. The molecule has 1 aliphatic rings. The van der Waals surface area contributed by atoms with E-state index in [1.807, 2.05) is 23.1 Å². The van der Waals surface area contributed by atoms with Crippen molar-refractivity contribution >= 4 is 11.6 Å². The first-order valence-corrected chi connectivity index (χ1v) is 6.85. The predicted molar refractivity (Wildman–Crippen MR) is 77.0 cm³/mol. The Morgan fingerprint density at radius 2 is 2.05 bits per heavy atom. The lowest BCUT2D eigenvalue weighted by molar-refractivity contribution is 0.0780. The van der Waals surface area contributed by atoms with Gasteiger partial charge in [-0.1, -0.05) is 17.7 Å². The molecule has 0 spiro atoms. The zero-order chi connectivity index (χ0) is 14.6. The molecule has 0 fully saturated rings. The first-order valence-electron chi connectivity index (χ1n) is 6.48. The SMILES string of the molecule is NC1=CCC(c2ccoc2)(N(CCO)CCO)C=C1Cl. The molecule has 1 unspecified atom stereocenters. The van der Waals surface area contributed by atoms with Gasteiger partial charge in [0.05, 0.1) is 36.3 Å². The molecule has 1 atom stereocenters. The number of aliphatic hydroxyl groups is 2. The maximum Gasteiger partial charge on any atom is 0.0956 e. The van der Waals surface area contributed by atoms with Gasteiger partial charge in [-0.2, -0.15) is 0 Å². The van der Waals surface area contributed by atoms with Crippen LogP contribution in [0.1, 0.15) is 12.0 Å². The molecule has 1 heterocycles. The number of hydrogen-bond acceptors (Lipinski definition) is 5. The lowest BCUT2D eigenvalue weighted by atomic mass is 9.82. The van der Waals surface area contributed by atoms with Crippen LogP contribution in [0.15, 0.2) is 45.9 Å². The Morgan fingerprint density at radius 3 is 2.55 bits per heavy atom. The number of hydrogen-bond donors (Lipinski definition) is 3. The highest BCUT2D eigenvalue weighted by Gasteiger charge is 2.38. The van der Waals surface area contributed by atoms with Crippen molar-refractivity contribution in [2.24, 2.45) is 5.73 Å². The van der Waals surface area contributed by atoms with Crippen LogP contribution in [0.5, 0.6) is 0 Å². The van der Waals surface area contributed by atoms with Crippen LogP contribution in [-0.4, -0.2) is 41.4 Å². The van der Waals surface area contributed by atoms with Crippen molar-refractivity contribution in [1.82, 2.24) is 4.90 Å². The Kier molecular flexibility index (Phi) is 4.88. The van der Waals surface area contributed by atoms with E-state index in [1.54, 1.807) is 12.5 Å². The van der Waals surface area contributed by atoms with Crippen molar-refractivity contribution in [3.05, 3.63) is 47.0 Å². The monoisotopic (exact) mass is 298 g/mol. The summed E-state index contributed by atoms with van der Waals surface area (Å²) < 4.78 is 5.19. The van der Waals surface area contributed by atoms with Crippen molar-refractivity contribution in [3.8, 4) is 0 Å². The third-order valence-corrected chi connectivity index (χ3v) is 3.93. The Hall–Kier alpha value is -1.27. The molecule has 0 aliphatic heterocycles. The Labute approximate surface area is 122 Å². The summed E-state index contributed by atoms with van der Waals surface area (Å²) in [6.45, 7) is 0.814. The van der Waals surface area contributed by atoms with Gasteiger partial charge in [-0.05, 0) is 18.6 Å². The number of rotatable bonds is 6. The van der Waals surface area contributed by atoms with E-state index in [1.165, 1.54) is 0 Å². The summed E-state index contributed by atoms with van der Waals surface area (Å²) in [6.07, 6.45) is 7.57. The molecular formula is C14H19ClN2O3. The molecule has 4 N–H and O–H groups in total. The topological polar surface area (TPSA) is 82.9 Å². The quantitative estimate of drug-likeness (QED) is 0.733. The van der Waals surface area contributed by atoms with Crippen LogP contribution < -0.4 is 5.73 Å². The molecule has 20 heavy (non-hydrogen) atoms. The van der Waals surface area contributed by atoms with Crippen molar-refractivity contribution in [2.75, 3.05) is 26.3 Å². The molecule has 6 heteroatoms. The number of allylic oxidation sites excluding steroid dienone is 1. The summed E-state index contributed by atoms with van der Waals surface area (Å²) in [5.41, 5.74) is 6.72. The molecule has 5 nitrogen and oxygen atoms in total. The zero-order valence-electron chi connectivity index (χ0n) is 11.1. The van der Waals surface area contributed by atoms with E-state index in [9.17, 15) is 10.2 Å². The molecular weight excluding hydrogens is 280 g/mol. The highest BCUT2D eigenvalue weighted by atomic mass is 35.5. The highest BCUT2D eigenvalue weighted by molar-refractivity contribution is 6.32. The van der Waals surface area contributed by atoms with Crippen molar-refractivity contribution in [2.45, 2.75) is 12.0 Å². The second-order valence-electron chi connectivity index (χ2n) is 4.73. The summed E-state index contributed by atoms with van der Waals surface area (Å²) in [4.78, 5) is 1.98. The number of furan rings is 1. The predicted octanol–water partition coefficient (Wildman–Crippen LogP) is 1.13. The van der Waals surface area contributed by atoms with Crippen molar-refractivity contribution < 1.29 is 14.6 Å². The number of aliphatic hydroxyl groups excluding tert-OH is 2. The molecule has 0 saturated carbocycles. The van der Waals surface area contributed by atoms with E-state index in [2.05, 4.69) is 0 Å². The fourth-order valence-corrected chi connectivity index (χ4v) is 2.84. The highest BCUT2D eigenvalue weighted by Crippen LogP contribution is 2.40. The Balaban J connectivity index is 2.45. The largest absolute Gasteiger partial charge is 0.472 e. The van der Waals surface area contributed by atoms with Gasteiger partial charge in [0.2, 0.25) is 0 Å². The average Bonchev–Trinajstić information content (AvgIpc) is 2.96. The molecule has 0 amide bonds. The smallest absolute Gasteiger partial charge is 0.0956 e. The minimum Gasteiger partial charge on any atom is -0.472 e. The van der Waals surface area contributed by atoms with Gasteiger partial charge >= 0.3 is 0 Å². The summed E-state index contributed by atoms with van der Waals surface area (Å²) in [5.74, 6) is 0. The van der Waals surface area contributed by atoms with Gasteiger partial charge in [0, 0.05) is 24.4 Å². The summed E-state index contributed by atoms with van der Waals surface area (Å²) in [7, 11) is 0. The van der Waals surface area contributed by atoms with Crippen LogP contribution in [0.3, 0.4) is 0 Å². The average molecular weight is 299 g/mol. The molecule has 1 aromatic rings. The third kappa shape index (κ3) is 2.76. The Morgan fingerprint density at radius 1 is 1.35 bits per heavy atom. The number of nitrogens with zero attached hydrogens (tertiary/aromatic N) is 1. The number of nitrogens with two attached hydrogens (primary N) is 1. The van der Waals surface area contributed by atoms with E-state index in [0.29, 0.717) is 30.2 Å². The molecule has 0 bridgehead atoms. The summed E-state index contributed by atoms with van der Waals surface area (Å²) >= 11 is 6.20. The molecule has 0 saturated heterocycles. The molecule has 1 aliphatic carbocycles. The second-order valence-corrected chi connectivity index (χ2v) is 5.13. The lowest BCUT2D eigenvalue weighted by Gasteiger charge is -2.42. The second kappa shape index (κ2) is 6.45. The number of halogens is 1. The van der Waals surface area contributed by atoms with Crippen LogP contribution in [0, 0.1) is 0 Å². The summed E-state index contributed by atoms with van der Waals surface area (Å²) in [6, 6.07) is 1.86. The standard InChI is InChI=1S/C14H19ClN2O3/c15-12-9-14(3-1-13(12)16,11-2-8-20-10-11)17(4-6-18)5-7-19/h1-2,8-10,18-19H,3-7,16H2. The van der Waals surface area contributed by atoms with Crippen molar-refractivity contribution in [3.63, 3.8) is 0 Å². The van der Waals surface area contributed by atoms with Gasteiger partial charge in [-0.3, -0.25) is 4.90 Å². The Bertz CT molecular complexity index is 493. The third-order valence-electron chi connectivity index (χ3n) is 3.60. The van der Waals surface area contributed by atoms with Crippen LogP contribution in [0.25, 0.3) is 0 Å². The minimum absolute atomic E-state index is 0.00967. The first kappa shape index (κ1) is 15.1. The zero-order valence-corrected chi connectivity index (χ0v) is 11.9. The van der Waals surface area contributed by atoms with Crippen LogP contribution in [0.2, 0.25) is 0 Å². The van der Waals surface area contributed by atoms with Crippen LogP contribution in [-0.2, 0) is 5.54 Å².